The van der Waals surface area contributed by atoms with Crippen molar-refractivity contribution >= 4 is 11.6 Å². The highest BCUT2D eigenvalue weighted by Gasteiger charge is 2.27. The standard InChI is InChI=1S/C16H25N3O/c1-3-4-5-8-18-16(20)12(2)19-10-13-6-7-15(17)9-14(13)11-19/h6-7,9,12H,3-5,8,10-11,17H2,1-2H3,(H,18,20). The number of carbonyl (C=O) groups excluding carboxylic acids is 1. The summed E-state index contributed by atoms with van der Waals surface area (Å²) in [4.78, 5) is 14.3. The lowest BCUT2D eigenvalue weighted by atomic mass is 10.1. The van der Waals surface area contributed by atoms with Gasteiger partial charge in [-0.25, -0.2) is 0 Å². The van der Waals surface area contributed by atoms with Crippen LogP contribution >= 0.6 is 0 Å². The van der Waals surface area contributed by atoms with Crippen LogP contribution in [0.3, 0.4) is 0 Å². The summed E-state index contributed by atoms with van der Waals surface area (Å²) >= 11 is 0. The summed E-state index contributed by atoms with van der Waals surface area (Å²) in [6, 6.07) is 5.92. The van der Waals surface area contributed by atoms with Crippen molar-refractivity contribution in [1.29, 1.82) is 0 Å². The molecule has 2 rings (SSSR count). The van der Waals surface area contributed by atoms with E-state index in [4.69, 9.17) is 5.73 Å². The summed E-state index contributed by atoms with van der Waals surface area (Å²) in [5.74, 6) is 0.127. The van der Waals surface area contributed by atoms with Gasteiger partial charge < -0.3 is 11.1 Å². The summed E-state index contributed by atoms with van der Waals surface area (Å²) in [6.07, 6.45) is 3.41. The summed E-state index contributed by atoms with van der Waals surface area (Å²) in [5.41, 5.74) is 9.13. The lowest BCUT2D eigenvalue weighted by molar-refractivity contribution is -0.126. The van der Waals surface area contributed by atoms with Crippen LogP contribution in [0, 0.1) is 0 Å². The zero-order chi connectivity index (χ0) is 14.5. The monoisotopic (exact) mass is 275 g/mol. The summed E-state index contributed by atoms with van der Waals surface area (Å²) in [5, 5.41) is 3.03. The lowest BCUT2D eigenvalue weighted by Crippen LogP contribution is -2.42. The topological polar surface area (TPSA) is 58.4 Å². The van der Waals surface area contributed by atoms with Gasteiger partial charge in [0, 0.05) is 25.3 Å². The maximum absolute atomic E-state index is 12.1. The van der Waals surface area contributed by atoms with Gasteiger partial charge in [0.1, 0.15) is 0 Å². The molecule has 4 heteroatoms. The number of fused-ring (bicyclic) bond motifs is 1. The fourth-order valence-electron chi connectivity index (χ4n) is 2.61. The molecule has 0 saturated heterocycles. The fourth-order valence-corrected chi connectivity index (χ4v) is 2.61. The molecule has 1 aromatic rings. The van der Waals surface area contributed by atoms with Crippen LogP contribution in [0.1, 0.15) is 44.2 Å². The fraction of sp³-hybridized carbons (Fsp3) is 0.562. The number of hydrogen-bond acceptors (Lipinski definition) is 3. The first kappa shape index (κ1) is 14.9. The van der Waals surface area contributed by atoms with Crippen molar-refractivity contribution in [3.05, 3.63) is 29.3 Å². The van der Waals surface area contributed by atoms with E-state index in [0.717, 1.165) is 31.7 Å². The molecule has 0 aliphatic carbocycles. The zero-order valence-corrected chi connectivity index (χ0v) is 12.5. The molecule has 1 aliphatic heterocycles. The number of benzene rings is 1. The van der Waals surface area contributed by atoms with Crippen LogP contribution in [0.15, 0.2) is 18.2 Å². The molecular formula is C16H25N3O. The Balaban J connectivity index is 1.85. The second-order valence-corrected chi connectivity index (χ2v) is 5.61. The van der Waals surface area contributed by atoms with Crippen LogP contribution in [0.4, 0.5) is 5.69 Å². The molecule has 1 aliphatic rings. The molecule has 0 fully saturated rings. The van der Waals surface area contributed by atoms with E-state index in [9.17, 15) is 4.79 Å². The van der Waals surface area contributed by atoms with Crippen LogP contribution in [0.5, 0.6) is 0 Å². The predicted octanol–water partition coefficient (Wildman–Crippen LogP) is 2.28. The van der Waals surface area contributed by atoms with Crippen molar-refractivity contribution in [1.82, 2.24) is 10.2 Å². The summed E-state index contributed by atoms with van der Waals surface area (Å²) in [6.45, 7) is 6.57. The Morgan fingerprint density at radius 2 is 2.10 bits per heavy atom. The predicted molar refractivity (Wildman–Crippen MR) is 82.1 cm³/mol. The number of nitrogens with zero attached hydrogens (tertiary/aromatic N) is 1. The molecule has 0 aromatic heterocycles. The number of carbonyl (C=O) groups is 1. The van der Waals surface area contributed by atoms with E-state index in [-0.39, 0.29) is 11.9 Å². The number of unbranched alkanes of at least 4 members (excludes halogenated alkanes) is 2. The normalized spacial score (nSPS) is 15.9. The molecule has 1 aromatic carbocycles. The zero-order valence-electron chi connectivity index (χ0n) is 12.5. The van der Waals surface area contributed by atoms with E-state index in [1.165, 1.54) is 24.0 Å². The van der Waals surface area contributed by atoms with Crippen molar-refractivity contribution in [3.63, 3.8) is 0 Å². The minimum absolute atomic E-state index is 0.0924. The van der Waals surface area contributed by atoms with Gasteiger partial charge in [0.25, 0.3) is 0 Å². The smallest absolute Gasteiger partial charge is 0.237 e. The Bertz CT molecular complexity index is 473. The quantitative estimate of drug-likeness (QED) is 0.618. The molecule has 110 valence electrons. The molecule has 3 N–H and O–H groups in total. The molecule has 0 radical (unpaired) electrons. The molecule has 4 nitrogen and oxygen atoms in total. The number of nitrogens with two attached hydrogens (primary N) is 1. The van der Waals surface area contributed by atoms with E-state index in [1.807, 2.05) is 19.1 Å². The van der Waals surface area contributed by atoms with Gasteiger partial charge in [-0.2, -0.15) is 0 Å². The van der Waals surface area contributed by atoms with Crippen LogP contribution < -0.4 is 11.1 Å². The number of nitrogens with one attached hydrogen (secondary N) is 1. The number of hydrogen-bond donors (Lipinski definition) is 2. The second kappa shape index (κ2) is 6.75. The summed E-state index contributed by atoms with van der Waals surface area (Å²) < 4.78 is 0. The van der Waals surface area contributed by atoms with E-state index in [2.05, 4.69) is 23.2 Å². The third-order valence-electron chi connectivity index (χ3n) is 3.98. The van der Waals surface area contributed by atoms with E-state index in [0.29, 0.717) is 0 Å². The van der Waals surface area contributed by atoms with Crippen molar-refractivity contribution in [3.8, 4) is 0 Å². The first-order valence-corrected chi connectivity index (χ1v) is 7.51. The Labute approximate surface area is 121 Å². The van der Waals surface area contributed by atoms with Gasteiger partial charge in [-0.3, -0.25) is 9.69 Å². The largest absolute Gasteiger partial charge is 0.399 e. The van der Waals surface area contributed by atoms with Gasteiger partial charge in [-0.15, -0.1) is 0 Å². The Morgan fingerprint density at radius 1 is 1.35 bits per heavy atom. The second-order valence-electron chi connectivity index (χ2n) is 5.61. The first-order chi connectivity index (χ1) is 9.61. The van der Waals surface area contributed by atoms with Crippen molar-refractivity contribution in [2.24, 2.45) is 0 Å². The average molecular weight is 275 g/mol. The Hall–Kier alpha value is -1.55. The van der Waals surface area contributed by atoms with Crippen molar-refractivity contribution in [2.75, 3.05) is 12.3 Å². The highest BCUT2D eigenvalue weighted by molar-refractivity contribution is 5.81. The Kier molecular flexibility index (Phi) is 5.01. The Morgan fingerprint density at radius 3 is 2.85 bits per heavy atom. The van der Waals surface area contributed by atoms with E-state index in [1.54, 1.807) is 0 Å². The first-order valence-electron chi connectivity index (χ1n) is 7.51. The molecule has 1 atom stereocenters. The third kappa shape index (κ3) is 3.51. The van der Waals surface area contributed by atoms with Crippen molar-refractivity contribution < 1.29 is 4.79 Å². The van der Waals surface area contributed by atoms with Gasteiger partial charge in [0.2, 0.25) is 5.91 Å². The van der Waals surface area contributed by atoms with Crippen LogP contribution in [-0.2, 0) is 17.9 Å². The molecule has 0 spiro atoms. The highest BCUT2D eigenvalue weighted by atomic mass is 16.2. The lowest BCUT2D eigenvalue weighted by Gasteiger charge is -2.22. The number of rotatable bonds is 6. The number of amides is 1. The molecule has 20 heavy (non-hydrogen) atoms. The summed E-state index contributed by atoms with van der Waals surface area (Å²) in [7, 11) is 0. The molecule has 0 saturated carbocycles. The third-order valence-corrected chi connectivity index (χ3v) is 3.98. The minimum Gasteiger partial charge on any atom is -0.399 e. The molecule has 1 unspecified atom stereocenters. The molecule has 1 heterocycles. The number of nitrogen functional groups attached to an aromatic ring is 1. The van der Waals surface area contributed by atoms with Gasteiger partial charge in [-0.05, 0) is 36.6 Å². The van der Waals surface area contributed by atoms with E-state index < -0.39 is 0 Å². The van der Waals surface area contributed by atoms with E-state index >= 15 is 0 Å². The molecule has 1 amide bonds. The highest BCUT2D eigenvalue weighted by Crippen LogP contribution is 2.26. The van der Waals surface area contributed by atoms with Gasteiger partial charge in [0.05, 0.1) is 6.04 Å². The van der Waals surface area contributed by atoms with Gasteiger partial charge in [0.15, 0.2) is 0 Å². The van der Waals surface area contributed by atoms with Crippen LogP contribution in [0.25, 0.3) is 0 Å². The van der Waals surface area contributed by atoms with Gasteiger partial charge in [-0.1, -0.05) is 25.8 Å². The minimum atomic E-state index is -0.0924. The maximum atomic E-state index is 12.1. The van der Waals surface area contributed by atoms with Crippen molar-refractivity contribution in [2.45, 2.75) is 52.2 Å². The molecular weight excluding hydrogens is 250 g/mol. The number of anilines is 1. The van der Waals surface area contributed by atoms with Crippen LogP contribution in [0.2, 0.25) is 0 Å². The average Bonchev–Trinajstić information content (AvgIpc) is 2.85. The van der Waals surface area contributed by atoms with Gasteiger partial charge >= 0.3 is 0 Å². The van der Waals surface area contributed by atoms with Crippen LogP contribution in [-0.4, -0.2) is 23.4 Å². The SMILES string of the molecule is CCCCCNC(=O)C(C)N1Cc2ccc(N)cc2C1. The maximum Gasteiger partial charge on any atom is 0.237 e. The molecule has 0 bridgehead atoms.